The van der Waals surface area contributed by atoms with E-state index >= 15 is 0 Å². The highest BCUT2D eigenvalue weighted by Crippen LogP contribution is 2.21. The van der Waals surface area contributed by atoms with E-state index in [0.29, 0.717) is 0 Å². The first-order valence-electron chi connectivity index (χ1n) is 6.05. The molecule has 3 heteroatoms. The average Bonchev–Trinajstić information content (AvgIpc) is 2.79. The summed E-state index contributed by atoms with van der Waals surface area (Å²) in [5, 5.41) is 3.14. The summed E-state index contributed by atoms with van der Waals surface area (Å²) in [6, 6.07) is 8.37. The van der Waals surface area contributed by atoms with E-state index in [-0.39, 0.29) is 0 Å². The van der Waals surface area contributed by atoms with Crippen LogP contribution in [0.25, 0.3) is 11.3 Å². The smallest absolute Gasteiger partial charge is 0.106 e. The Labute approximate surface area is 102 Å². The molecule has 0 saturated carbocycles. The molecule has 0 amide bonds. The zero-order valence-electron chi connectivity index (χ0n) is 10.5. The predicted molar refractivity (Wildman–Crippen MR) is 71.0 cm³/mol. The van der Waals surface area contributed by atoms with Crippen molar-refractivity contribution in [3.05, 3.63) is 41.9 Å². The molecule has 2 N–H and O–H groups in total. The predicted octanol–water partition coefficient (Wildman–Crippen LogP) is 2.54. The largest absolute Gasteiger partial charge is 0.342 e. The van der Waals surface area contributed by atoms with Crippen LogP contribution < -0.4 is 5.32 Å². The van der Waals surface area contributed by atoms with Gasteiger partial charge in [-0.1, -0.05) is 24.3 Å². The third-order valence-electron chi connectivity index (χ3n) is 2.90. The van der Waals surface area contributed by atoms with Crippen molar-refractivity contribution in [1.82, 2.24) is 15.3 Å². The Balaban J connectivity index is 2.10. The maximum Gasteiger partial charge on any atom is 0.106 e. The number of hydrogen-bond donors (Lipinski definition) is 2. The lowest BCUT2D eigenvalue weighted by Gasteiger charge is -2.01. The van der Waals surface area contributed by atoms with Crippen molar-refractivity contribution in [1.29, 1.82) is 0 Å². The molecule has 0 bridgehead atoms. The first-order valence-corrected chi connectivity index (χ1v) is 6.05. The van der Waals surface area contributed by atoms with Gasteiger partial charge in [-0.15, -0.1) is 0 Å². The molecule has 0 atom stereocenters. The van der Waals surface area contributed by atoms with E-state index in [2.05, 4.69) is 46.5 Å². The molecule has 0 unspecified atom stereocenters. The summed E-state index contributed by atoms with van der Waals surface area (Å²) in [5.74, 6) is 1.07. The van der Waals surface area contributed by atoms with Gasteiger partial charge in [0.25, 0.3) is 0 Å². The third-order valence-corrected chi connectivity index (χ3v) is 2.90. The number of aromatic amines is 1. The number of imidazole rings is 1. The van der Waals surface area contributed by atoms with E-state index in [9.17, 15) is 0 Å². The highest BCUT2D eigenvalue weighted by Gasteiger charge is 2.04. The molecule has 2 rings (SSSR count). The lowest BCUT2D eigenvalue weighted by molar-refractivity contribution is 0.707. The minimum atomic E-state index is 0.993. The fourth-order valence-corrected chi connectivity index (χ4v) is 1.93. The van der Waals surface area contributed by atoms with Crippen molar-refractivity contribution in [2.45, 2.75) is 19.8 Å². The molecule has 2 aromatic rings. The van der Waals surface area contributed by atoms with Crippen LogP contribution in [-0.2, 0) is 6.42 Å². The monoisotopic (exact) mass is 229 g/mol. The lowest BCUT2D eigenvalue weighted by Crippen LogP contribution is -2.08. The van der Waals surface area contributed by atoms with Crippen LogP contribution in [0, 0.1) is 6.92 Å². The van der Waals surface area contributed by atoms with Gasteiger partial charge in [0.15, 0.2) is 0 Å². The summed E-state index contributed by atoms with van der Waals surface area (Å²) in [6.07, 6.45) is 4.03. The van der Waals surface area contributed by atoms with Crippen LogP contribution >= 0.6 is 0 Å². The number of rotatable bonds is 5. The minimum absolute atomic E-state index is 0.993. The first-order chi connectivity index (χ1) is 8.31. The highest BCUT2D eigenvalue weighted by atomic mass is 14.9. The summed E-state index contributed by atoms with van der Waals surface area (Å²) >= 11 is 0. The first kappa shape index (κ1) is 11.9. The zero-order valence-corrected chi connectivity index (χ0v) is 10.5. The number of benzene rings is 1. The van der Waals surface area contributed by atoms with Gasteiger partial charge in [-0.25, -0.2) is 4.98 Å². The van der Waals surface area contributed by atoms with Crippen molar-refractivity contribution in [3.8, 4) is 11.3 Å². The molecular formula is C14H19N3. The molecule has 90 valence electrons. The summed E-state index contributed by atoms with van der Waals surface area (Å²) in [6.45, 7) is 3.15. The van der Waals surface area contributed by atoms with Gasteiger partial charge in [-0.05, 0) is 32.5 Å². The fourth-order valence-electron chi connectivity index (χ4n) is 1.93. The van der Waals surface area contributed by atoms with Gasteiger partial charge in [0.2, 0.25) is 0 Å². The molecule has 0 radical (unpaired) electrons. The van der Waals surface area contributed by atoms with Gasteiger partial charge in [-0.3, -0.25) is 0 Å². The summed E-state index contributed by atoms with van der Waals surface area (Å²) in [4.78, 5) is 7.81. The molecule has 0 saturated heterocycles. The summed E-state index contributed by atoms with van der Waals surface area (Å²) in [7, 11) is 1.97. The van der Waals surface area contributed by atoms with Crippen LogP contribution in [-0.4, -0.2) is 23.6 Å². The van der Waals surface area contributed by atoms with E-state index in [4.69, 9.17) is 0 Å². The van der Waals surface area contributed by atoms with Crippen LogP contribution in [0.5, 0.6) is 0 Å². The van der Waals surface area contributed by atoms with Crippen LogP contribution in [0.1, 0.15) is 17.8 Å². The van der Waals surface area contributed by atoms with Crippen LogP contribution in [0.15, 0.2) is 30.5 Å². The Morgan fingerprint density at radius 1 is 1.29 bits per heavy atom. The molecule has 17 heavy (non-hydrogen) atoms. The topological polar surface area (TPSA) is 40.7 Å². The highest BCUT2D eigenvalue weighted by molar-refractivity contribution is 5.62. The number of nitrogens with one attached hydrogen (secondary N) is 2. The van der Waals surface area contributed by atoms with Crippen molar-refractivity contribution < 1.29 is 0 Å². The Morgan fingerprint density at radius 3 is 2.88 bits per heavy atom. The van der Waals surface area contributed by atoms with Gasteiger partial charge in [0, 0.05) is 12.0 Å². The third kappa shape index (κ3) is 2.94. The molecular weight excluding hydrogens is 210 g/mol. The molecule has 1 heterocycles. The van der Waals surface area contributed by atoms with Crippen LogP contribution in [0.3, 0.4) is 0 Å². The molecule has 1 aromatic carbocycles. The number of nitrogens with zero attached hydrogens (tertiary/aromatic N) is 1. The number of aryl methyl sites for hydroxylation is 2. The average molecular weight is 229 g/mol. The van der Waals surface area contributed by atoms with Crippen molar-refractivity contribution >= 4 is 0 Å². The quantitative estimate of drug-likeness (QED) is 0.773. The normalized spacial score (nSPS) is 10.7. The Morgan fingerprint density at radius 2 is 2.12 bits per heavy atom. The van der Waals surface area contributed by atoms with Crippen LogP contribution in [0.2, 0.25) is 0 Å². The fraction of sp³-hybridized carbons (Fsp3) is 0.357. The Bertz CT molecular complexity index is 474. The second kappa shape index (κ2) is 5.64. The van der Waals surface area contributed by atoms with Gasteiger partial charge >= 0.3 is 0 Å². The Hall–Kier alpha value is -1.61. The van der Waals surface area contributed by atoms with Gasteiger partial charge in [0.1, 0.15) is 5.82 Å². The molecule has 1 aromatic heterocycles. The van der Waals surface area contributed by atoms with E-state index in [1.807, 2.05) is 13.2 Å². The second-order valence-corrected chi connectivity index (χ2v) is 4.27. The minimum Gasteiger partial charge on any atom is -0.342 e. The van der Waals surface area contributed by atoms with Crippen LogP contribution in [0.4, 0.5) is 0 Å². The number of aromatic nitrogens is 2. The van der Waals surface area contributed by atoms with Gasteiger partial charge in [-0.2, -0.15) is 0 Å². The van der Waals surface area contributed by atoms with E-state index in [1.54, 1.807) is 0 Å². The molecule has 0 aliphatic heterocycles. The number of H-pyrrole nitrogens is 1. The van der Waals surface area contributed by atoms with E-state index in [0.717, 1.165) is 30.9 Å². The second-order valence-electron chi connectivity index (χ2n) is 4.27. The zero-order chi connectivity index (χ0) is 12.1. The van der Waals surface area contributed by atoms with Crippen molar-refractivity contribution in [3.63, 3.8) is 0 Å². The number of hydrogen-bond acceptors (Lipinski definition) is 2. The van der Waals surface area contributed by atoms with Crippen molar-refractivity contribution in [2.75, 3.05) is 13.6 Å². The summed E-state index contributed by atoms with van der Waals surface area (Å²) in [5.41, 5.74) is 3.63. The maximum atomic E-state index is 4.42. The SMILES string of the molecule is CNCCCc1ncc(-c2ccccc2C)[nH]1. The van der Waals surface area contributed by atoms with Crippen molar-refractivity contribution in [2.24, 2.45) is 0 Å². The summed E-state index contributed by atoms with van der Waals surface area (Å²) < 4.78 is 0. The molecule has 3 nitrogen and oxygen atoms in total. The van der Waals surface area contributed by atoms with Gasteiger partial charge in [0.05, 0.1) is 11.9 Å². The maximum absolute atomic E-state index is 4.42. The van der Waals surface area contributed by atoms with E-state index < -0.39 is 0 Å². The molecule has 0 spiro atoms. The molecule has 0 aliphatic carbocycles. The Kier molecular flexibility index (Phi) is 3.94. The molecule has 0 aliphatic rings. The standard InChI is InChI=1S/C14H19N3/c1-11-6-3-4-7-12(11)13-10-16-14(17-13)8-5-9-15-2/h3-4,6-7,10,15H,5,8-9H2,1-2H3,(H,16,17). The van der Waals surface area contributed by atoms with E-state index in [1.165, 1.54) is 11.1 Å². The molecule has 0 fully saturated rings. The van der Waals surface area contributed by atoms with Gasteiger partial charge < -0.3 is 10.3 Å². The lowest BCUT2D eigenvalue weighted by atomic mass is 10.1.